The smallest absolute Gasteiger partial charge is 0.156 e. The predicted molar refractivity (Wildman–Crippen MR) is 78.4 cm³/mol. The third-order valence-electron chi connectivity index (χ3n) is 2.63. The molecule has 1 aromatic carbocycles. The van der Waals surface area contributed by atoms with Gasteiger partial charge in [0.25, 0.3) is 0 Å². The van der Waals surface area contributed by atoms with E-state index in [1.54, 1.807) is 30.7 Å². The third-order valence-corrected chi connectivity index (χ3v) is 3.22. The first-order valence-electron chi connectivity index (χ1n) is 6.13. The van der Waals surface area contributed by atoms with E-state index in [9.17, 15) is 5.11 Å². The van der Waals surface area contributed by atoms with Gasteiger partial charge in [0.1, 0.15) is 12.7 Å². The Morgan fingerprint density at radius 1 is 1.25 bits per heavy atom. The zero-order valence-corrected chi connectivity index (χ0v) is 12.2. The van der Waals surface area contributed by atoms with Crippen molar-refractivity contribution in [1.82, 2.24) is 5.32 Å². The van der Waals surface area contributed by atoms with E-state index < -0.39 is 6.10 Å². The number of benzene rings is 1. The monoisotopic (exact) mass is 315 g/mol. The Morgan fingerprint density at radius 3 is 2.65 bits per heavy atom. The largest absolute Gasteiger partial charge is 0.488 e. The molecule has 0 fully saturated rings. The van der Waals surface area contributed by atoms with Crippen LogP contribution in [0.15, 0.2) is 41.2 Å². The molecule has 1 aromatic heterocycles. The molecule has 6 heteroatoms. The van der Waals surface area contributed by atoms with Gasteiger partial charge in [0.2, 0.25) is 0 Å². The number of aliphatic hydroxyl groups is 1. The fraction of sp³-hybridized carbons (Fsp3) is 0.286. The number of furan rings is 1. The number of aliphatic hydroxyl groups excluding tert-OH is 1. The molecule has 2 rings (SSSR count). The lowest BCUT2D eigenvalue weighted by atomic mass is 10.3. The number of nitrogens with one attached hydrogen (secondary N) is 1. The molecule has 1 atom stereocenters. The Bertz CT molecular complexity index is 511. The number of para-hydroxylation sites is 1. The third kappa shape index (κ3) is 4.42. The molecule has 0 spiro atoms. The van der Waals surface area contributed by atoms with Crippen molar-refractivity contribution in [2.24, 2.45) is 0 Å². The summed E-state index contributed by atoms with van der Waals surface area (Å²) in [6, 6.07) is 6.97. The summed E-state index contributed by atoms with van der Waals surface area (Å²) >= 11 is 11.9. The van der Waals surface area contributed by atoms with Crippen molar-refractivity contribution in [2.75, 3.05) is 13.2 Å². The molecule has 0 bridgehead atoms. The molecular formula is C14H15Cl2NO3. The summed E-state index contributed by atoms with van der Waals surface area (Å²) in [4.78, 5) is 0. The average Bonchev–Trinajstić information content (AvgIpc) is 2.91. The molecule has 4 nitrogen and oxygen atoms in total. The van der Waals surface area contributed by atoms with Gasteiger partial charge in [-0.1, -0.05) is 29.3 Å². The quantitative estimate of drug-likeness (QED) is 0.824. The van der Waals surface area contributed by atoms with Gasteiger partial charge in [0.15, 0.2) is 5.75 Å². The van der Waals surface area contributed by atoms with Crippen LogP contribution in [0.3, 0.4) is 0 Å². The van der Waals surface area contributed by atoms with Crippen LogP contribution in [0.2, 0.25) is 10.0 Å². The molecule has 0 aliphatic carbocycles. The van der Waals surface area contributed by atoms with Crippen molar-refractivity contribution in [3.63, 3.8) is 0 Å². The summed E-state index contributed by atoms with van der Waals surface area (Å²) in [5.41, 5.74) is 1.02. The fourth-order valence-electron chi connectivity index (χ4n) is 1.64. The molecule has 2 aromatic rings. The molecule has 1 heterocycles. The lowest BCUT2D eigenvalue weighted by Crippen LogP contribution is -2.31. The molecular weight excluding hydrogens is 301 g/mol. The highest BCUT2D eigenvalue weighted by atomic mass is 35.5. The number of hydrogen-bond donors (Lipinski definition) is 2. The molecule has 0 aliphatic heterocycles. The summed E-state index contributed by atoms with van der Waals surface area (Å²) in [6.45, 7) is 1.13. The van der Waals surface area contributed by atoms with Crippen molar-refractivity contribution < 1.29 is 14.3 Å². The van der Waals surface area contributed by atoms with Crippen LogP contribution in [-0.2, 0) is 6.54 Å². The first-order chi connectivity index (χ1) is 9.66. The first kappa shape index (κ1) is 15.2. The topological polar surface area (TPSA) is 54.6 Å². The maximum atomic E-state index is 9.82. The minimum absolute atomic E-state index is 0.113. The van der Waals surface area contributed by atoms with Crippen molar-refractivity contribution in [3.05, 3.63) is 52.4 Å². The zero-order valence-electron chi connectivity index (χ0n) is 10.7. The zero-order chi connectivity index (χ0) is 14.4. The van der Waals surface area contributed by atoms with E-state index in [2.05, 4.69) is 5.32 Å². The van der Waals surface area contributed by atoms with Crippen LogP contribution in [-0.4, -0.2) is 24.4 Å². The molecule has 1 unspecified atom stereocenters. The van der Waals surface area contributed by atoms with Gasteiger partial charge in [-0.15, -0.1) is 0 Å². The van der Waals surface area contributed by atoms with E-state index in [0.29, 0.717) is 28.9 Å². The van der Waals surface area contributed by atoms with E-state index in [1.165, 1.54) is 0 Å². The maximum Gasteiger partial charge on any atom is 0.156 e. The summed E-state index contributed by atoms with van der Waals surface area (Å²) < 4.78 is 10.4. The molecule has 20 heavy (non-hydrogen) atoms. The Labute approximate surface area is 127 Å². The van der Waals surface area contributed by atoms with Crippen LogP contribution < -0.4 is 10.1 Å². The van der Waals surface area contributed by atoms with Crippen molar-refractivity contribution in [1.29, 1.82) is 0 Å². The molecule has 0 saturated heterocycles. The highest BCUT2D eigenvalue weighted by Gasteiger charge is 2.10. The van der Waals surface area contributed by atoms with Gasteiger partial charge >= 0.3 is 0 Å². The lowest BCUT2D eigenvalue weighted by Gasteiger charge is -2.14. The predicted octanol–water partition coefficient (Wildman–Crippen LogP) is 3.12. The van der Waals surface area contributed by atoms with Gasteiger partial charge in [0, 0.05) is 18.7 Å². The van der Waals surface area contributed by atoms with Gasteiger partial charge < -0.3 is 19.6 Å². The Balaban J connectivity index is 1.73. The maximum absolute atomic E-state index is 9.82. The fourth-order valence-corrected chi connectivity index (χ4v) is 2.14. The van der Waals surface area contributed by atoms with Crippen LogP contribution in [0.1, 0.15) is 5.56 Å². The standard InChI is InChI=1S/C14H15Cl2NO3/c15-12-2-1-3-13(16)14(12)20-9-11(18)7-17-6-10-4-5-19-8-10/h1-5,8,11,17-18H,6-7,9H2. The van der Waals surface area contributed by atoms with Gasteiger partial charge in [-0.25, -0.2) is 0 Å². The van der Waals surface area contributed by atoms with Crippen molar-refractivity contribution in [2.45, 2.75) is 12.6 Å². The SMILES string of the molecule is OC(CNCc1ccoc1)COc1c(Cl)cccc1Cl. The molecule has 0 amide bonds. The van der Waals surface area contributed by atoms with E-state index in [4.69, 9.17) is 32.4 Å². The normalized spacial score (nSPS) is 12.3. The molecule has 0 aliphatic rings. The van der Waals surface area contributed by atoms with E-state index in [0.717, 1.165) is 5.56 Å². The molecule has 0 saturated carbocycles. The van der Waals surface area contributed by atoms with Crippen LogP contribution in [0.25, 0.3) is 0 Å². The summed E-state index contributed by atoms with van der Waals surface area (Å²) in [5.74, 6) is 0.393. The Morgan fingerprint density at radius 2 is 2.00 bits per heavy atom. The summed E-state index contributed by atoms with van der Waals surface area (Å²) in [7, 11) is 0. The molecule has 0 radical (unpaired) electrons. The van der Waals surface area contributed by atoms with Crippen LogP contribution in [0.4, 0.5) is 0 Å². The first-order valence-corrected chi connectivity index (χ1v) is 6.89. The molecule has 2 N–H and O–H groups in total. The Kier molecular flexibility index (Phi) is 5.73. The van der Waals surface area contributed by atoms with E-state index in [1.807, 2.05) is 6.07 Å². The highest BCUT2D eigenvalue weighted by Crippen LogP contribution is 2.32. The molecule has 108 valence electrons. The van der Waals surface area contributed by atoms with E-state index >= 15 is 0 Å². The van der Waals surface area contributed by atoms with Crippen molar-refractivity contribution >= 4 is 23.2 Å². The van der Waals surface area contributed by atoms with Gasteiger partial charge in [-0.3, -0.25) is 0 Å². The number of hydrogen-bond acceptors (Lipinski definition) is 4. The number of ether oxygens (including phenoxy) is 1. The lowest BCUT2D eigenvalue weighted by molar-refractivity contribution is 0.106. The minimum Gasteiger partial charge on any atom is -0.488 e. The van der Waals surface area contributed by atoms with Gasteiger partial charge in [0.05, 0.1) is 22.6 Å². The van der Waals surface area contributed by atoms with Crippen LogP contribution in [0.5, 0.6) is 5.75 Å². The van der Waals surface area contributed by atoms with Crippen LogP contribution in [0, 0.1) is 0 Å². The van der Waals surface area contributed by atoms with Crippen molar-refractivity contribution in [3.8, 4) is 5.75 Å². The second-order valence-corrected chi connectivity index (χ2v) is 5.09. The van der Waals surface area contributed by atoms with Crippen LogP contribution >= 0.6 is 23.2 Å². The second kappa shape index (κ2) is 7.55. The van der Waals surface area contributed by atoms with Gasteiger partial charge in [-0.05, 0) is 18.2 Å². The number of halogens is 2. The Hall–Kier alpha value is -1.20. The minimum atomic E-state index is -0.658. The average molecular weight is 316 g/mol. The van der Waals surface area contributed by atoms with E-state index in [-0.39, 0.29) is 6.61 Å². The second-order valence-electron chi connectivity index (χ2n) is 4.28. The highest BCUT2D eigenvalue weighted by molar-refractivity contribution is 6.37. The summed E-state index contributed by atoms with van der Waals surface area (Å²) in [5, 5.41) is 13.8. The van der Waals surface area contributed by atoms with Gasteiger partial charge in [-0.2, -0.15) is 0 Å². The number of rotatable bonds is 7. The summed E-state index contributed by atoms with van der Waals surface area (Å²) in [6.07, 6.45) is 2.60.